The molecule has 4 nitrogen and oxygen atoms in total. The molecule has 1 heterocycles. The molecule has 0 aliphatic carbocycles. The molecule has 2 atom stereocenters. The Morgan fingerprint density at radius 2 is 2.11 bits per heavy atom. The van der Waals surface area contributed by atoms with Gasteiger partial charge in [0.2, 0.25) is 0 Å². The van der Waals surface area contributed by atoms with Crippen LogP contribution in [0.2, 0.25) is 0 Å². The standard InChI is InChI=1S/C14H16O4/c1-2-6-10-9-17-13(15)12(10)14(16)18-11-7-4-3-5-8-11/h3-5,7-8,10,12H,2,6,9H2,1H3/t10-,12?/m0/s1. The number of carbonyl (C=O) groups excluding carboxylic acids is 2. The van der Waals surface area contributed by atoms with Gasteiger partial charge >= 0.3 is 11.9 Å². The van der Waals surface area contributed by atoms with Crippen molar-refractivity contribution in [1.82, 2.24) is 0 Å². The number of carbonyl (C=O) groups is 2. The minimum atomic E-state index is -0.773. The zero-order valence-corrected chi connectivity index (χ0v) is 10.3. The molecular weight excluding hydrogens is 232 g/mol. The van der Waals surface area contributed by atoms with E-state index in [1.54, 1.807) is 24.3 Å². The van der Waals surface area contributed by atoms with Gasteiger partial charge < -0.3 is 9.47 Å². The van der Waals surface area contributed by atoms with Gasteiger partial charge in [0, 0.05) is 5.92 Å². The fraction of sp³-hybridized carbons (Fsp3) is 0.429. The zero-order chi connectivity index (χ0) is 13.0. The van der Waals surface area contributed by atoms with Gasteiger partial charge in [-0.25, -0.2) is 0 Å². The molecule has 0 amide bonds. The van der Waals surface area contributed by atoms with Gasteiger partial charge in [-0.05, 0) is 18.6 Å². The van der Waals surface area contributed by atoms with E-state index in [2.05, 4.69) is 0 Å². The summed E-state index contributed by atoms with van der Waals surface area (Å²) in [7, 11) is 0. The van der Waals surface area contributed by atoms with Crippen molar-refractivity contribution in [2.24, 2.45) is 11.8 Å². The lowest BCUT2D eigenvalue weighted by Gasteiger charge is -2.13. The molecule has 0 radical (unpaired) electrons. The summed E-state index contributed by atoms with van der Waals surface area (Å²) in [6.07, 6.45) is 1.71. The highest BCUT2D eigenvalue weighted by atomic mass is 16.6. The first kappa shape index (κ1) is 12.6. The number of cyclic esters (lactones) is 1. The molecule has 1 aromatic carbocycles. The predicted octanol–water partition coefficient (Wildman–Crippen LogP) is 2.18. The number of rotatable bonds is 4. The summed E-state index contributed by atoms with van der Waals surface area (Å²) >= 11 is 0. The number of hydrogen-bond donors (Lipinski definition) is 0. The molecule has 0 bridgehead atoms. The molecule has 2 rings (SSSR count). The van der Waals surface area contributed by atoms with E-state index in [1.165, 1.54) is 0 Å². The molecule has 0 N–H and O–H groups in total. The number of para-hydroxylation sites is 1. The van der Waals surface area contributed by atoms with Crippen LogP contribution in [0.4, 0.5) is 0 Å². The number of benzene rings is 1. The van der Waals surface area contributed by atoms with E-state index in [9.17, 15) is 9.59 Å². The lowest BCUT2D eigenvalue weighted by atomic mass is 9.91. The fourth-order valence-electron chi connectivity index (χ4n) is 2.15. The van der Waals surface area contributed by atoms with Crippen LogP contribution in [-0.4, -0.2) is 18.5 Å². The molecule has 4 heteroatoms. The van der Waals surface area contributed by atoms with Gasteiger partial charge in [0.15, 0.2) is 5.92 Å². The maximum absolute atomic E-state index is 12.0. The van der Waals surface area contributed by atoms with Gasteiger partial charge in [0.05, 0.1) is 6.61 Å². The first-order chi connectivity index (χ1) is 8.72. The molecule has 96 valence electrons. The van der Waals surface area contributed by atoms with E-state index >= 15 is 0 Å². The van der Waals surface area contributed by atoms with Crippen LogP contribution in [0.5, 0.6) is 5.75 Å². The lowest BCUT2D eigenvalue weighted by molar-refractivity contribution is -0.150. The lowest BCUT2D eigenvalue weighted by Crippen LogP contribution is -2.29. The number of hydrogen-bond acceptors (Lipinski definition) is 4. The highest BCUT2D eigenvalue weighted by molar-refractivity contribution is 5.97. The summed E-state index contributed by atoms with van der Waals surface area (Å²) in [4.78, 5) is 23.6. The van der Waals surface area contributed by atoms with Gasteiger partial charge in [0.1, 0.15) is 5.75 Å². The van der Waals surface area contributed by atoms with Gasteiger partial charge in [-0.1, -0.05) is 31.5 Å². The zero-order valence-electron chi connectivity index (χ0n) is 10.3. The SMILES string of the molecule is CCC[C@H]1COC(=O)C1C(=O)Oc1ccccc1. The Balaban J connectivity index is 2.05. The minimum absolute atomic E-state index is 0.0567. The van der Waals surface area contributed by atoms with E-state index in [-0.39, 0.29) is 5.92 Å². The smallest absolute Gasteiger partial charge is 0.326 e. The third-order valence-corrected chi connectivity index (χ3v) is 3.04. The van der Waals surface area contributed by atoms with Gasteiger partial charge in [0.25, 0.3) is 0 Å². The van der Waals surface area contributed by atoms with Crippen molar-refractivity contribution in [2.75, 3.05) is 6.61 Å². The van der Waals surface area contributed by atoms with E-state index in [1.807, 2.05) is 13.0 Å². The quantitative estimate of drug-likeness (QED) is 0.465. The second-order valence-corrected chi connectivity index (χ2v) is 4.39. The molecule has 0 spiro atoms. The van der Waals surface area contributed by atoms with Crippen LogP contribution in [0.15, 0.2) is 30.3 Å². The van der Waals surface area contributed by atoms with Crippen LogP contribution in [0.25, 0.3) is 0 Å². The highest BCUT2D eigenvalue weighted by Crippen LogP contribution is 2.28. The predicted molar refractivity (Wildman–Crippen MR) is 64.9 cm³/mol. The van der Waals surface area contributed by atoms with Gasteiger partial charge in [-0.15, -0.1) is 0 Å². The summed E-state index contributed by atoms with van der Waals surface area (Å²) in [6.45, 7) is 2.34. The molecular formula is C14H16O4. The summed E-state index contributed by atoms with van der Waals surface area (Å²) in [5.74, 6) is -1.35. The van der Waals surface area contributed by atoms with Crippen LogP contribution in [0.3, 0.4) is 0 Å². The number of ether oxygens (including phenoxy) is 2. The van der Waals surface area contributed by atoms with E-state index in [4.69, 9.17) is 9.47 Å². The van der Waals surface area contributed by atoms with Crippen LogP contribution in [0.1, 0.15) is 19.8 Å². The first-order valence-corrected chi connectivity index (χ1v) is 6.15. The second kappa shape index (κ2) is 5.67. The Kier molecular flexibility index (Phi) is 3.97. The van der Waals surface area contributed by atoms with Crippen molar-refractivity contribution in [2.45, 2.75) is 19.8 Å². The maximum Gasteiger partial charge on any atom is 0.326 e. The summed E-state index contributed by atoms with van der Waals surface area (Å²) in [6, 6.07) is 8.76. The first-order valence-electron chi connectivity index (χ1n) is 6.15. The molecule has 18 heavy (non-hydrogen) atoms. The van der Waals surface area contributed by atoms with Crippen molar-refractivity contribution in [3.05, 3.63) is 30.3 Å². The largest absolute Gasteiger partial charge is 0.465 e. The summed E-state index contributed by atoms with van der Waals surface area (Å²) in [5.41, 5.74) is 0. The third-order valence-electron chi connectivity index (χ3n) is 3.04. The number of esters is 2. The molecule has 0 aromatic heterocycles. The Morgan fingerprint density at radius 1 is 1.39 bits per heavy atom. The molecule has 0 saturated carbocycles. The van der Waals surface area contributed by atoms with E-state index in [0.717, 1.165) is 12.8 Å². The van der Waals surface area contributed by atoms with Crippen molar-refractivity contribution in [3.8, 4) is 5.75 Å². The van der Waals surface area contributed by atoms with Crippen molar-refractivity contribution in [3.63, 3.8) is 0 Å². The molecule has 1 saturated heterocycles. The molecule has 1 unspecified atom stereocenters. The molecule has 1 aliphatic rings. The topological polar surface area (TPSA) is 52.6 Å². The van der Waals surface area contributed by atoms with E-state index in [0.29, 0.717) is 12.4 Å². The van der Waals surface area contributed by atoms with Crippen molar-refractivity contribution >= 4 is 11.9 Å². The Bertz CT molecular complexity index is 427. The average molecular weight is 248 g/mol. The maximum atomic E-state index is 12.0. The van der Waals surface area contributed by atoms with Gasteiger partial charge in [-0.2, -0.15) is 0 Å². The third kappa shape index (κ3) is 2.70. The van der Waals surface area contributed by atoms with E-state index < -0.39 is 17.9 Å². The minimum Gasteiger partial charge on any atom is -0.465 e. The Morgan fingerprint density at radius 3 is 2.78 bits per heavy atom. The summed E-state index contributed by atoms with van der Waals surface area (Å²) in [5, 5.41) is 0. The second-order valence-electron chi connectivity index (χ2n) is 4.39. The average Bonchev–Trinajstić information content (AvgIpc) is 2.72. The molecule has 1 aliphatic heterocycles. The van der Waals surface area contributed by atoms with Crippen molar-refractivity contribution < 1.29 is 19.1 Å². The van der Waals surface area contributed by atoms with Crippen LogP contribution < -0.4 is 4.74 Å². The van der Waals surface area contributed by atoms with Gasteiger partial charge in [-0.3, -0.25) is 9.59 Å². The normalized spacial score (nSPS) is 22.6. The van der Waals surface area contributed by atoms with Crippen LogP contribution >= 0.6 is 0 Å². The van der Waals surface area contributed by atoms with Crippen molar-refractivity contribution in [1.29, 1.82) is 0 Å². The highest BCUT2D eigenvalue weighted by Gasteiger charge is 2.43. The Hall–Kier alpha value is -1.84. The monoisotopic (exact) mass is 248 g/mol. The fourth-order valence-corrected chi connectivity index (χ4v) is 2.15. The summed E-state index contributed by atoms with van der Waals surface area (Å²) < 4.78 is 10.2. The molecule has 1 aromatic rings. The molecule has 1 fully saturated rings. The van der Waals surface area contributed by atoms with Crippen LogP contribution in [0, 0.1) is 11.8 Å². The van der Waals surface area contributed by atoms with Crippen LogP contribution in [-0.2, 0) is 14.3 Å². The Labute approximate surface area is 106 Å².